The maximum atomic E-state index is 12.2. The molecule has 1 saturated heterocycles. The number of hydrogen-bond acceptors (Lipinski definition) is 3. The molecule has 2 amide bonds. The molecule has 0 bridgehead atoms. The van der Waals surface area contributed by atoms with Gasteiger partial charge in [0.05, 0.1) is 0 Å². The number of carbonyl (C=O) groups excluding carboxylic acids is 1. The lowest BCUT2D eigenvalue weighted by atomic mass is 10.0. The van der Waals surface area contributed by atoms with E-state index < -0.39 is 0 Å². The fourth-order valence-corrected chi connectivity index (χ4v) is 2.66. The highest BCUT2D eigenvalue weighted by Gasteiger charge is 2.23. The molecule has 1 aromatic rings. The van der Waals surface area contributed by atoms with E-state index in [1.807, 2.05) is 36.1 Å². The third kappa shape index (κ3) is 4.19. The van der Waals surface area contributed by atoms with Crippen LogP contribution in [0.4, 0.5) is 10.5 Å². The van der Waals surface area contributed by atoms with Crippen LogP contribution in [0.5, 0.6) is 0 Å². The molecule has 2 rings (SSSR count). The van der Waals surface area contributed by atoms with E-state index >= 15 is 0 Å². The molecule has 116 valence electrons. The van der Waals surface area contributed by atoms with Crippen LogP contribution in [0, 0.1) is 0 Å². The van der Waals surface area contributed by atoms with E-state index in [9.17, 15) is 4.79 Å². The van der Waals surface area contributed by atoms with Crippen molar-refractivity contribution in [2.45, 2.75) is 31.8 Å². The van der Waals surface area contributed by atoms with E-state index in [1.54, 1.807) is 0 Å². The van der Waals surface area contributed by atoms with Gasteiger partial charge in [-0.3, -0.25) is 0 Å². The predicted molar refractivity (Wildman–Crippen MR) is 86.3 cm³/mol. The predicted octanol–water partition coefficient (Wildman–Crippen LogP) is 2.26. The van der Waals surface area contributed by atoms with Gasteiger partial charge in [-0.15, -0.1) is 0 Å². The number of likely N-dealkylation sites (tertiary alicyclic amines) is 1. The monoisotopic (exact) mass is 290 g/mol. The second kappa shape index (κ2) is 6.91. The third-order valence-electron chi connectivity index (χ3n) is 4.17. The number of nitrogens with zero attached hydrogens (tertiary/aromatic N) is 2. The van der Waals surface area contributed by atoms with Crippen molar-refractivity contribution in [2.75, 3.05) is 32.5 Å². The van der Waals surface area contributed by atoms with Gasteiger partial charge in [0.1, 0.15) is 0 Å². The number of piperidine rings is 1. The Kier molecular flexibility index (Phi) is 5.20. The smallest absolute Gasteiger partial charge is 0.321 e. The Labute approximate surface area is 127 Å². The molecular formula is C16H26N4O. The van der Waals surface area contributed by atoms with Crippen LogP contribution in [0.15, 0.2) is 24.3 Å². The van der Waals surface area contributed by atoms with Gasteiger partial charge in [0.15, 0.2) is 0 Å². The summed E-state index contributed by atoms with van der Waals surface area (Å²) in [4.78, 5) is 16.4. The van der Waals surface area contributed by atoms with E-state index in [2.05, 4.69) is 24.3 Å². The van der Waals surface area contributed by atoms with E-state index in [1.165, 1.54) is 0 Å². The first kappa shape index (κ1) is 15.8. The van der Waals surface area contributed by atoms with Crippen molar-refractivity contribution >= 4 is 11.7 Å². The van der Waals surface area contributed by atoms with Crippen LogP contribution < -0.4 is 11.1 Å². The number of carbonyl (C=O) groups is 1. The van der Waals surface area contributed by atoms with E-state index in [-0.39, 0.29) is 12.1 Å². The summed E-state index contributed by atoms with van der Waals surface area (Å²) in [6.45, 7) is 3.57. The molecule has 1 atom stereocenters. The lowest BCUT2D eigenvalue weighted by molar-refractivity contribution is 0.156. The lowest BCUT2D eigenvalue weighted by Crippen LogP contribution is -2.46. The molecular weight excluding hydrogens is 264 g/mol. The van der Waals surface area contributed by atoms with Crippen LogP contribution in [0.25, 0.3) is 0 Å². The summed E-state index contributed by atoms with van der Waals surface area (Å²) in [6.07, 6.45) is 2.06. The van der Waals surface area contributed by atoms with Gasteiger partial charge < -0.3 is 20.9 Å². The van der Waals surface area contributed by atoms with Crippen molar-refractivity contribution in [3.8, 4) is 0 Å². The summed E-state index contributed by atoms with van der Waals surface area (Å²) in [5, 5.41) is 2.95. The van der Waals surface area contributed by atoms with Crippen LogP contribution >= 0.6 is 0 Å². The third-order valence-corrected chi connectivity index (χ3v) is 4.17. The molecule has 1 fully saturated rings. The Hall–Kier alpha value is -1.59. The van der Waals surface area contributed by atoms with Crippen LogP contribution in [0.3, 0.4) is 0 Å². The number of amides is 2. The molecule has 1 aliphatic rings. The highest BCUT2D eigenvalue weighted by atomic mass is 16.2. The minimum Gasteiger partial charge on any atom is -0.324 e. The number of hydrogen-bond donors (Lipinski definition) is 2. The van der Waals surface area contributed by atoms with Gasteiger partial charge in [0.25, 0.3) is 0 Å². The number of anilines is 1. The quantitative estimate of drug-likeness (QED) is 0.897. The van der Waals surface area contributed by atoms with Gasteiger partial charge in [-0.25, -0.2) is 4.79 Å². The largest absolute Gasteiger partial charge is 0.324 e. The summed E-state index contributed by atoms with van der Waals surface area (Å²) in [7, 11) is 4.20. The molecule has 5 nitrogen and oxygen atoms in total. The molecule has 1 aliphatic heterocycles. The number of urea groups is 1. The minimum atomic E-state index is -0.0132. The Balaban J connectivity index is 1.87. The normalized spacial score (nSPS) is 17.9. The molecule has 1 aromatic carbocycles. The fraction of sp³-hybridized carbons (Fsp3) is 0.562. The maximum Gasteiger partial charge on any atom is 0.321 e. The molecule has 0 radical (unpaired) electrons. The summed E-state index contributed by atoms with van der Waals surface area (Å²) in [6, 6.07) is 8.31. The average molecular weight is 290 g/mol. The molecule has 0 saturated carbocycles. The number of nitrogens with two attached hydrogens (primary N) is 1. The first-order valence-electron chi connectivity index (χ1n) is 7.55. The zero-order valence-corrected chi connectivity index (χ0v) is 13.2. The molecule has 1 heterocycles. The SMILES string of the molecule is CC(N)c1ccc(NC(=O)N2CCC(N(C)C)CC2)cc1. The molecule has 1 unspecified atom stereocenters. The molecule has 21 heavy (non-hydrogen) atoms. The van der Waals surface area contributed by atoms with Crippen molar-refractivity contribution in [2.24, 2.45) is 5.73 Å². The Morgan fingerprint density at radius 3 is 2.33 bits per heavy atom. The second-order valence-electron chi connectivity index (χ2n) is 6.02. The summed E-state index contributed by atoms with van der Waals surface area (Å²) in [5.41, 5.74) is 7.71. The maximum absolute atomic E-state index is 12.2. The fourth-order valence-electron chi connectivity index (χ4n) is 2.66. The van der Waals surface area contributed by atoms with E-state index in [0.29, 0.717) is 6.04 Å². The summed E-state index contributed by atoms with van der Waals surface area (Å²) in [5.74, 6) is 0. The van der Waals surface area contributed by atoms with Gasteiger partial charge in [-0.1, -0.05) is 12.1 Å². The Morgan fingerprint density at radius 1 is 1.29 bits per heavy atom. The van der Waals surface area contributed by atoms with Gasteiger partial charge in [-0.05, 0) is 51.6 Å². The van der Waals surface area contributed by atoms with Gasteiger partial charge in [0, 0.05) is 30.9 Å². The number of benzene rings is 1. The highest BCUT2D eigenvalue weighted by molar-refractivity contribution is 5.89. The second-order valence-corrected chi connectivity index (χ2v) is 6.02. The zero-order valence-electron chi connectivity index (χ0n) is 13.2. The molecule has 0 aliphatic carbocycles. The van der Waals surface area contributed by atoms with Gasteiger partial charge in [-0.2, -0.15) is 0 Å². The van der Waals surface area contributed by atoms with Gasteiger partial charge in [0.2, 0.25) is 0 Å². The highest BCUT2D eigenvalue weighted by Crippen LogP contribution is 2.17. The standard InChI is InChI=1S/C16H26N4O/c1-12(17)13-4-6-14(7-5-13)18-16(21)20-10-8-15(9-11-20)19(2)3/h4-7,12,15H,8-11,17H2,1-3H3,(H,18,21). The number of nitrogens with one attached hydrogen (secondary N) is 1. The lowest BCUT2D eigenvalue weighted by Gasteiger charge is -2.35. The van der Waals surface area contributed by atoms with Crippen molar-refractivity contribution < 1.29 is 4.79 Å². The minimum absolute atomic E-state index is 0.0132. The van der Waals surface area contributed by atoms with Crippen LogP contribution in [0.1, 0.15) is 31.4 Å². The first-order chi connectivity index (χ1) is 9.97. The Bertz CT molecular complexity index is 462. The van der Waals surface area contributed by atoms with Crippen LogP contribution in [-0.4, -0.2) is 49.1 Å². The van der Waals surface area contributed by atoms with E-state index in [0.717, 1.165) is 37.2 Å². The topological polar surface area (TPSA) is 61.6 Å². The van der Waals surface area contributed by atoms with Crippen LogP contribution in [-0.2, 0) is 0 Å². The molecule has 3 N–H and O–H groups in total. The van der Waals surface area contributed by atoms with Crippen molar-refractivity contribution in [1.29, 1.82) is 0 Å². The first-order valence-corrected chi connectivity index (χ1v) is 7.55. The van der Waals surface area contributed by atoms with Crippen molar-refractivity contribution in [3.63, 3.8) is 0 Å². The molecule has 5 heteroatoms. The van der Waals surface area contributed by atoms with Crippen molar-refractivity contribution in [1.82, 2.24) is 9.80 Å². The van der Waals surface area contributed by atoms with Crippen LogP contribution in [0.2, 0.25) is 0 Å². The Morgan fingerprint density at radius 2 is 1.86 bits per heavy atom. The van der Waals surface area contributed by atoms with Crippen molar-refractivity contribution in [3.05, 3.63) is 29.8 Å². The number of rotatable bonds is 3. The zero-order chi connectivity index (χ0) is 15.4. The summed E-state index contributed by atoms with van der Waals surface area (Å²) < 4.78 is 0. The van der Waals surface area contributed by atoms with Gasteiger partial charge >= 0.3 is 6.03 Å². The average Bonchev–Trinajstić information content (AvgIpc) is 2.47. The molecule has 0 aromatic heterocycles. The summed E-state index contributed by atoms with van der Waals surface area (Å²) >= 11 is 0. The van der Waals surface area contributed by atoms with E-state index in [4.69, 9.17) is 5.73 Å². The molecule has 0 spiro atoms.